The first-order valence-corrected chi connectivity index (χ1v) is 7.92. The Morgan fingerprint density at radius 1 is 1.29 bits per heavy atom. The van der Waals surface area contributed by atoms with E-state index in [2.05, 4.69) is 20.2 Å². The second kappa shape index (κ2) is 6.40. The number of hydrogen-bond donors (Lipinski definition) is 3. The maximum Gasteiger partial charge on any atom is 0.279 e. The lowest BCUT2D eigenvalue weighted by Gasteiger charge is -2.08. The first-order chi connectivity index (χ1) is 10.0. The molecule has 0 aliphatic carbocycles. The molecule has 2 aromatic rings. The Morgan fingerprint density at radius 2 is 2.00 bits per heavy atom. The zero-order chi connectivity index (χ0) is 15.3. The van der Waals surface area contributed by atoms with E-state index in [1.165, 1.54) is 6.20 Å². The van der Waals surface area contributed by atoms with Crippen molar-refractivity contribution in [3.63, 3.8) is 0 Å². The highest BCUT2D eigenvalue weighted by atomic mass is 32.2. The second-order valence-corrected chi connectivity index (χ2v) is 5.96. The van der Waals surface area contributed by atoms with E-state index < -0.39 is 15.9 Å². The van der Waals surface area contributed by atoms with Crippen LogP contribution in [0.1, 0.15) is 23.7 Å². The zero-order valence-electron chi connectivity index (χ0n) is 11.5. The predicted molar refractivity (Wildman–Crippen MR) is 78.5 cm³/mol. The van der Waals surface area contributed by atoms with Gasteiger partial charge in [0.25, 0.3) is 15.9 Å². The van der Waals surface area contributed by atoms with Gasteiger partial charge < -0.3 is 5.32 Å². The van der Waals surface area contributed by atoms with Crippen LogP contribution in [0.2, 0.25) is 0 Å². The third-order valence-corrected chi connectivity index (χ3v) is 4.03. The van der Waals surface area contributed by atoms with Crippen molar-refractivity contribution in [2.45, 2.75) is 18.4 Å². The van der Waals surface area contributed by atoms with Crippen molar-refractivity contribution < 1.29 is 13.2 Å². The van der Waals surface area contributed by atoms with Crippen molar-refractivity contribution in [1.29, 1.82) is 0 Å². The standard InChI is InChI=1S/C13H16N4O3S/c1-2-8-14-12(18)11-9-15-16-13(11)21(19,20)17-10-6-4-3-5-7-10/h3-7,9,17H,2,8H2,1H3,(H,14,18)(H,15,16). The van der Waals surface area contributed by atoms with Crippen LogP contribution in [-0.2, 0) is 10.0 Å². The van der Waals surface area contributed by atoms with Crippen LogP contribution in [0.25, 0.3) is 0 Å². The smallest absolute Gasteiger partial charge is 0.279 e. The number of carbonyl (C=O) groups excluding carboxylic acids is 1. The summed E-state index contributed by atoms with van der Waals surface area (Å²) >= 11 is 0. The van der Waals surface area contributed by atoms with E-state index in [9.17, 15) is 13.2 Å². The summed E-state index contributed by atoms with van der Waals surface area (Å²) in [6.07, 6.45) is 1.96. The van der Waals surface area contributed by atoms with E-state index in [1.807, 2.05) is 6.92 Å². The van der Waals surface area contributed by atoms with Crippen LogP contribution in [-0.4, -0.2) is 31.1 Å². The molecule has 0 bridgehead atoms. The van der Waals surface area contributed by atoms with Gasteiger partial charge >= 0.3 is 0 Å². The third kappa shape index (κ3) is 3.60. The van der Waals surface area contributed by atoms with Crippen molar-refractivity contribution >= 4 is 21.6 Å². The molecule has 0 aliphatic heterocycles. The molecule has 21 heavy (non-hydrogen) atoms. The van der Waals surface area contributed by atoms with Crippen molar-refractivity contribution in [2.75, 3.05) is 11.3 Å². The summed E-state index contributed by atoms with van der Waals surface area (Å²) < 4.78 is 27.0. The quantitative estimate of drug-likeness (QED) is 0.749. The summed E-state index contributed by atoms with van der Waals surface area (Å²) in [6, 6.07) is 8.42. The van der Waals surface area contributed by atoms with E-state index in [0.29, 0.717) is 12.2 Å². The van der Waals surface area contributed by atoms with Gasteiger partial charge in [0, 0.05) is 12.2 Å². The highest BCUT2D eigenvalue weighted by Crippen LogP contribution is 2.17. The molecule has 2 rings (SSSR count). The average molecular weight is 308 g/mol. The molecule has 1 amide bonds. The number of amides is 1. The van der Waals surface area contributed by atoms with Gasteiger partial charge in [-0.25, -0.2) is 0 Å². The summed E-state index contributed by atoms with van der Waals surface area (Å²) in [7, 11) is -3.90. The summed E-state index contributed by atoms with van der Waals surface area (Å²) in [5.41, 5.74) is 0.402. The third-order valence-electron chi connectivity index (χ3n) is 2.68. The number of benzene rings is 1. The number of aromatic nitrogens is 2. The van der Waals surface area contributed by atoms with E-state index >= 15 is 0 Å². The number of anilines is 1. The van der Waals surface area contributed by atoms with Crippen LogP contribution in [0.3, 0.4) is 0 Å². The fraction of sp³-hybridized carbons (Fsp3) is 0.231. The minimum Gasteiger partial charge on any atom is -0.352 e. The van der Waals surface area contributed by atoms with Crippen LogP contribution in [0.4, 0.5) is 5.69 Å². The molecule has 7 nitrogen and oxygen atoms in total. The van der Waals surface area contributed by atoms with Crippen LogP contribution in [0.5, 0.6) is 0 Å². The largest absolute Gasteiger partial charge is 0.352 e. The topological polar surface area (TPSA) is 104 Å². The molecule has 0 unspecified atom stereocenters. The molecular weight excluding hydrogens is 292 g/mol. The maximum absolute atomic E-state index is 12.3. The number of H-pyrrole nitrogens is 1. The normalized spacial score (nSPS) is 11.1. The van der Waals surface area contributed by atoms with E-state index in [0.717, 1.165) is 6.42 Å². The number of carbonyl (C=O) groups is 1. The van der Waals surface area contributed by atoms with Gasteiger partial charge in [0.1, 0.15) is 0 Å². The number of aromatic amines is 1. The van der Waals surface area contributed by atoms with Crippen molar-refractivity contribution in [1.82, 2.24) is 15.5 Å². The molecular formula is C13H16N4O3S. The number of sulfonamides is 1. The van der Waals surface area contributed by atoms with Gasteiger partial charge in [-0.3, -0.25) is 14.6 Å². The number of rotatable bonds is 6. The Kier molecular flexibility index (Phi) is 4.59. The molecule has 112 valence electrons. The Balaban J connectivity index is 2.25. The Labute approximate surface area is 122 Å². The first kappa shape index (κ1) is 15.0. The molecule has 0 saturated heterocycles. The Bertz CT molecular complexity index is 710. The highest BCUT2D eigenvalue weighted by Gasteiger charge is 2.24. The van der Waals surface area contributed by atoms with Crippen LogP contribution >= 0.6 is 0 Å². The van der Waals surface area contributed by atoms with Crippen LogP contribution in [0.15, 0.2) is 41.6 Å². The number of para-hydroxylation sites is 1. The average Bonchev–Trinajstić information content (AvgIpc) is 2.96. The summed E-state index contributed by atoms with van der Waals surface area (Å²) in [4.78, 5) is 11.9. The van der Waals surface area contributed by atoms with Gasteiger partial charge in [-0.05, 0) is 18.6 Å². The monoisotopic (exact) mass is 308 g/mol. The minimum absolute atomic E-state index is 0.00752. The minimum atomic E-state index is -3.90. The summed E-state index contributed by atoms with van der Waals surface area (Å²) in [5.74, 6) is -0.473. The Morgan fingerprint density at radius 3 is 2.67 bits per heavy atom. The van der Waals surface area contributed by atoms with Crippen LogP contribution < -0.4 is 10.0 Å². The van der Waals surface area contributed by atoms with Crippen molar-refractivity contribution in [3.05, 3.63) is 42.1 Å². The number of hydrogen-bond acceptors (Lipinski definition) is 4. The lowest BCUT2D eigenvalue weighted by atomic mass is 10.3. The number of nitrogens with one attached hydrogen (secondary N) is 3. The van der Waals surface area contributed by atoms with Crippen molar-refractivity contribution in [2.24, 2.45) is 0 Å². The molecule has 0 radical (unpaired) electrons. The molecule has 8 heteroatoms. The maximum atomic E-state index is 12.3. The molecule has 1 aromatic carbocycles. The van der Waals surface area contributed by atoms with E-state index in [-0.39, 0.29) is 10.6 Å². The molecule has 1 aromatic heterocycles. The van der Waals surface area contributed by atoms with E-state index in [4.69, 9.17) is 0 Å². The fourth-order valence-corrected chi connectivity index (χ4v) is 2.84. The molecule has 1 heterocycles. The fourth-order valence-electron chi connectivity index (χ4n) is 1.69. The molecule has 0 atom stereocenters. The SMILES string of the molecule is CCCNC(=O)c1cn[nH]c1S(=O)(=O)Nc1ccccc1. The lowest BCUT2D eigenvalue weighted by Crippen LogP contribution is -2.26. The predicted octanol–water partition coefficient (Wildman–Crippen LogP) is 1.35. The zero-order valence-corrected chi connectivity index (χ0v) is 12.3. The summed E-state index contributed by atoms with van der Waals surface area (Å²) in [6.45, 7) is 2.37. The first-order valence-electron chi connectivity index (χ1n) is 6.44. The van der Waals surface area contributed by atoms with E-state index in [1.54, 1.807) is 30.3 Å². The lowest BCUT2D eigenvalue weighted by molar-refractivity contribution is 0.0950. The van der Waals surface area contributed by atoms with Gasteiger partial charge in [-0.2, -0.15) is 13.5 Å². The number of nitrogens with zero attached hydrogens (tertiary/aromatic N) is 1. The molecule has 0 spiro atoms. The second-order valence-electron chi connectivity index (χ2n) is 4.34. The van der Waals surface area contributed by atoms with Gasteiger partial charge in [0.15, 0.2) is 5.03 Å². The van der Waals surface area contributed by atoms with Gasteiger partial charge in [-0.15, -0.1) is 0 Å². The van der Waals surface area contributed by atoms with Gasteiger partial charge in [0.05, 0.1) is 11.8 Å². The van der Waals surface area contributed by atoms with Gasteiger partial charge in [-0.1, -0.05) is 25.1 Å². The molecule has 3 N–H and O–H groups in total. The Hall–Kier alpha value is -2.35. The van der Waals surface area contributed by atoms with Crippen LogP contribution in [0, 0.1) is 0 Å². The summed E-state index contributed by atoms with van der Waals surface area (Å²) in [5, 5.41) is 8.39. The molecule has 0 aliphatic rings. The molecule has 0 saturated carbocycles. The van der Waals surface area contributed by atoms with Gasteiger partial charge in [0.2, 0.25) is 0 Å². The van der Waals surface area contributed by atoms with Crippen molar-refractivity contribution in [3.8, 4) is 0 Å². The molecule has 0 fully saturated rings. The highest BCUT2D eigenvalue weighted by molar-refractivity contribution is 7.92.